The van der Waals surface area contributed by atoms with E-state index >= 15 is 0 Å². The molecule has 24 heavy (non-hydrogen) atoms. The molecule has 0 spiro atoms. The van der Waals surface area contributed by atoms with Gasteiger partial charge < -0.3 is 0 Å². The summed E-state index contributed by atoms with van der Waals surface area (Å²) >= 11 is 0. The van der Waals surface area contributed by atoms with Gasteiger partial charge in [0.15, 0.2) is 0 Å². The summed E-state index contributed by atoms with van der Waals surface area (Å²) in [5, 5.41) is 0. The van der Waals surface area contributed by atoms with Crippen molar-refractivity contribution >= 4 is 7.37 Å². The Kier molecular flexibility index (Phi) is 4.47. The Balaban J connectivity index is 3.23. The minimum absolute atomic E-state index is 0.397. The first kappa shape index (κ1) is 21.5. The van der Waals surface area contributed by atoms with Gasteiger partial charge >= 0.3 is 123 Å². The maximum absolute atomic E-state index is 14.1. The molecule has 1 aliphatic heterocycles. The Morgan fingerprint density at radius 3 is 1.33 bits per heavy atom. The van der Waals surface area contributed by atoms with Gasteiger partial charge in [0.05, 0.1) is 0 Å². The molecule has 1 rings (SSSR count). The van der Waals surface area contributed by atoms with Crippen molar-refractivity contribution in [2.45, 2.75) is 36.4 Å². The zero-order valence-corrected chi connectivity index (χ0v) is 11.9. The van der Waals surface area contributed by atoms with Crippen molar-refractivity contribution in [1.29, 1.82) is 0 Å². The van der Waals surface area contributed by atoms with E-state index in [1.807, 2.05) is 0 Å². The zero-order valence-electron chi connectivity index (χ0n) is 11.0. The molecular weight excluding hydrogens is 406 g/mol. The summed E-state index contributed by atoms with van der Waals surface area (Å²) in [5.41, 5.74) is -5.25. The second kappa shape index (κ2) is 5.00. The fourth-order valence-corrected chi connectivity index (χ4v) is 5.13. The van der Waals surface area contributed by atoms with E-state index in [1.165, 1.54) is 0 Å². The summed E-state index contributed by atoms with van der Waals surface area (Å²) < 4.78 is 169. The zero-order chi connectivity index (χ0) is 19.6. The summed E-state index contributed by atoms with van der Waals surface area (Å²) in [7, 11) is -7.00. The van der Waals surface area contributed by atoms with E-state index in [9.17, 15) is 56.9 Å². The molecule has 0 bridgehead atoms. The summed E-state index contributed by atoms with van der Waals surface area (Å²) in [4.78, 5) is 0. The van der Waals surface area contributed by atoms with Crippen molar-refractivity contribution in [3.63, 3.8) is 0 Å². The van der Waals surface area contributed by atoms with E-state index in [0.29, 0.717) is 0 Å². The molecule has 0 aromatic heterocycles. The van der Waals surface area contributed by atoms with Crippen LogP contribution >= 0.6 is 7.37 Å². The van der Waals surface area contributed by atoms with Crippen LogP contribution in [0.15, 0.2) is 0 Å². The summed E-state index contributed by atoms with van der Waals surface area (Å²) in [5.74, 6) is 0. The van der Waals surface area contributed by atoms with Gasteiger partial charge in [0.25, 0.3) is 0 Å². The molecule has 1 heterocycles. The normalized spacial score (nSPS) is 25.7. The summed E-state index contributed by atoms with van der Waals surface area (Å²) in [6.07, 6.45) is -33.2. The molecule has 0 radical (unpaired) electrons. The van der Waals surface area contributed by atoms with Crippen LogP contribution < -0.4 is 0 Å². The van der Waals surface area contributed by atoms with Crippen LogP contribution in [0.1, 0.15) is 0 Å². The van der Waals surface area contributed by atoms with Crippen LogP contribution in [0.25, 0.3) is 0 Å². The molecule has 1 saturated heterocycles. The van der Waals surface area contributed by atoms with Gasteiger partial charge in [-0.15, -0.1) is 0 Å². The number of rotatable bonds is 2. The Morgan fingerprint density at radius 2 is 1.12 bits per heavy atom. The van der Waals surface area contributed by atoms with Crippen molar-refractivity contribution in [2.75, 3.05) is 12.8 Å². The third-order valence-electron chi connectivity index (χ3n) is 2.83. The fraction of sp³-hybridized carbons (Fsp3) is 1.00. The van der Waals surface area contributed by atoms with Gasteiger partial charge in [-0.05, 0) is 0 Å². The van der Waals surface area contributed by atoms with Crippen LogP contribution in [0.2, 0.25) is 0 Å². The molecule has 0 saturated carbocycles. The predicted molar refractivity (Wildman–Crippen MR) is 51.7 cm³/mol. The molecule has 1 fully saturated rings. The van der Waals surface area contributed by atoms with Gasteiger partial charge in [-0.25, -0.2) is 0 Å². The van der Waals surface area contributed by atoms with E-state index < -0.39 is 56.6 Å². The van der Waals surface area contributed by atoms with Gasteiger partial charge in [-0.1, -0.05) is 0 Å². The SMILES string of the molecule is CP1(F)(OC(C(F)(F)F)C(F)(F)F)CC(C(F)(F)F)(C(F)(F)F)O1. The maximum atomic E-state index is 14.1. The van der Waals surface area contributed by atoms with Gasteiger partial charge in [-0.3, -0.25) is 0 Å². The standard InChI is InChI=1S/C8H6F13O2P/c1-24(21,22-3(5(9,10)11)6(12,13)14)2-4(23-24,7(15,16)17)8(18,19)20/h3H,2H2,1H3. The Morgan fingerprint density at radius 1 is 0.833 bits per heavy atom. The van der Waals surface area contributed by atoms with Crippen LogP contribution in [-0.2, 0) is 9.05 Å². The number of alkyl halides is 12. The van der Waals surface area contributed by atoms with Gasteiger partial charge in [0, 0.05) is 0 Å². The predicted octanol–water partition coefficient (Wildman–Crippen LogP) is 5.29. The van der Waals surface area contributed by atoms with E-state index in [4.69, 9.17) is 0 Å². The van der Waals surface area contributed by atoms with Gasteiger partial charge in [0.2, 0.25) is 0 Å². The van der Waals surface area contributed by atoms with Gasteiger partial charge in [-0.2, -0.15) is 0 Å². The van der Waals surface area contributed by atoms with E-state index in [2.05, 4.69) is 9.05 Å². The molecule has 2 nitrogen and oxygen atoms in total. The molecule has 0 atom stereocenters. The number of halogens is 13. The molecule has 0 aromatic rings. The first-order valence-corrected chi connectivity index (χ1v) is 8.03. The van der Waals surface area contributed by atoms with E-state index in [-0.39, 0.29) is 0 Å². The molecular formula is C8H6F13O2P. The average Bonchev–Trinajstić information content (AvgIpc) is 2.16. The minimum atomic E-state index is -7.00. The van der Waals surface area contributed by atoms with Crippen molar-refractivity contribution < 1.29 is 65.9 Å². The van der Waals surface area contributed by atoms with Gasteiger partial charge in [0.1, 0.15) is 0 Å². The molecule has 0 aliphatic carbocycles. The molecule has 0 amide bonds. The van der Waals surface area contributed by atoms with E-state index in [1.54, 1.807) is 0 Å². The van der Waals surface area contributed by atoms with E-state index in [0.717, 1.165) is 0 Å². The molecule has 0 aromatic carbocycles. The van der Waals surface area contributed by atoms with Crippen LogP contribution in [0.3, 0.4) is 0 Å². The third-order valence-corrected chi connectivity index (χ3v) is 5.47. The molecule has 146 valence electrons. The average molecular weight is 412 g/mol. The van der Waals surface area contributed by atoms with Crippen LogP contribution in [0.4, 0.5) is 56.9 Å². The molecule has 1 aliphatic rings. The van der Waals surface area contributed by atoms with Crippen molar-refractivity contribution in [3.05, 3.63) is 0 Å². The third kappa shape index (κ3) is 3.66. The molecule has 0 unspecified atom stereocenters. The summed E-state index contributed by atoms with van der Waals surface area (Å²) in [6, 6.07) is 0. The topological polar surface area (TPSA) is 18.5 Å². The second-order valence-corrected chi connectivity index (χ2v) is 8.67. The molecule has 0 N–H and O–H groups in total. The quantitative estimate of drug-likeness (QED) is 0.454. The first-order valence-electron chi connectivity index (χ1n) is 5.44. The first-order chi connectivity index (χ1) is 10.0. The van der Waals surface area contributed by atoms with Crippen LogP contribution in [0, 0.1) is 0 Å². The monoisotopic (exact) mass is 412 g/mol. The Hall–Kier alpha value is -0.560. The number of hydrogen-bond donors (Lipinski definition) is 0. The van der Waals surface area contributed by atoms with Crippen molar-refractivity contribution in [1.82, 2.24) is 0 Å². The Bertz CT molecular complexity index is 450. The van der Waals surface area contributed by atoms with Crippen LogP contribution in [-0.4, -0.2) is 49.2 Å². The molecule has 16 heteroatoms. The van der Waals surface area contributed by atoms with Crippen molar-refractivity contribution in [2.24, 2.45) is 0 Å². The second-order valence-electron chi connectivity index (χ2n) is 5.08. The number of hydrogen-bond acceptors (Lipinski definition) is 2. The fourth-order valence-electron chi connectivity index (χ4n) is 1.94. The van der Waals surface area contributed by atoms with Crippen LogP contribution in [0.5, 0.6) is 0 Å². The van der Waals surface area contributed by atoms with Crippen molar-refractivity contribution in [3.8, 4) is 0 Å². The summed E-state index contributed by atoms with van der Waals surface area (Å²) in [6.45, 7) is -0.397. The Labute approximate surface area is 124 Å².